The maximum atomic E-state index is 12.7. The minimum Gasteiger partial charge on any atom is -0.450 e. The third kappa shape index (κ3) is 5.94. The molecule has 1 N–H and O–H groups in total. The van der Waals surface area contributed by atoms with E-state index in [2.05, 4.69) is 10.2 Å². The van der Waals surface area contributed by atoms with E-state index < -0.39 is 6.04 Å². The van der Waals surface area contributed by atoms with Gasteiger partial charge in [-0.05, 0) is 32.0 Å². The maximum absolute atomic E-state index is 12.7. The molecule has 4 amide bonds. The summed E-state index contributed by atoms with van der Waals surface area (Å²) in [4.78, 5) is 44.3. The van der Waals surface area contributed by atoms with Crippen LogP contribution < -0.4 is 10.2 Å². The van der Waals surface area contributed by atoms with Gasteiger partial charge in [-0.1, -0.05) is 17.7 Å². The summed E-state index contributed by atoms with van der Waals surface area (Å²) in [5, 5.41) is 3.50. The standard InChI is InChI=1S/C21H30ClN5O4/c1-3-31-21(30)27-13-9-25(10-14-27)19(28)16(2)23-20(29)26-11-7-24(8-12-26)18-6-4-5-17(22)15-18/h4-6,15-16H,3,7-14H2,1-2H3,(H,23,29)/t16-/m1/s1. The molecule has 10 heteroatoms. The summed E-state index contributed by atoms with van der Waals surface area (Å²) >= 11 is 6.07. The van der Waals surface area contributed by atoms with Crippen molar-refractivity contribution in [2.45, 2.75) is 19.9 Å². The van der Waals surface area contributed by atoms with Crippen molar-refractivity contribution in [3.05, 3.63) is 29.3 Å². The molecule has 31 heavy (non-hydrogen) atoms. The molecule has 2 saturated heterocycles. The average Bonchev–Trinajstić information content (AvgIpc) is 2.79. The first-order valence-corrected chi connectivity index (χ1v) is 11.0. The predicted octanol–water partition coefficient (Wildman–Crippen LogP) is 1.86. The second-order valence-corrected chi connectivity index (χ2v) is 8.07. The van der Waals surface area contributed by atoms with Gasteiger partial charge in [-0.3, -0.25) is 4.79 Å². The molecule has 0 saturated carbocycles. The molecule has 2 aliphatic rings. The van der Waals surface area contributed by atoms with Gasteiger partial charge in [0.2, 0.25) is 5.91 Å². The predicted molar refractivity (Wildman–Crippen MR) is 118 cm³/mol. The average molecular weight is 452 g/mol. The van der Waals surface area contributed by atoms with Crippen molar-refractivity contribution in [2.24, 2.45) is 0 Å². The number of hydrogen-bond acceptors (Lipinski definition) is 5. The van der Waals surface area contributed by atoms with E-state index in [1.165, 1.54) is 0 Å². The highest BCUT2D eigenvalue weighted by atomic mass is 35.5. The molecule has 0 unspecified atom stereocenters. The lowest BCUT2D eigenvalue weighted by Gasteiger charge is -2.37. The summed E-state index contributed by atoms with van der Waals surface area (Å²) in [6, 6.07) is 6.80. The number of carbonyl (C=O) groups excluding carboxylic acids is 3. The summed E-state index contributed by atoms with van der Waals surface area (Å²) in [7, 11) is 0. The number of benzene rings is 1. The number of urea groups is 1. The van der Waals surface area contributed by atoms with Gasteiger partial charge in [0.1, 0.15) is 6.04 Å². The van der Waals surface area contributed by atoms with Gasteiger partial charge >= 0.3 is 12.1 Å². The van der Waals surface area contributed by atoms with Gasteiger partial charge in [0.25, 0.3) is 0 Å². The minimum absolute atomic E-state index is 0.144. The van der Waals surface area contributed by atoms with E-state index in [4.69, 9.17) is 16.3 Å². The van der Waals surface area contributed by atoms with Crippen LogP contribution in [-0.2, 0) is 9.53 Å². The van der Waals surface area contributed by atoms with Crippen LogP contribution in [0, 0.1) is 0 Å². The Bertz CT molecular complexity index is 792. The zero-order valence-corrected chi connectivity index (χ0v) is 18.8. The normalized spacial score (nSPS) is 17.9. The van der Waals surface area contributed by atoms with Crippen LogP contribution in [0.3, 0.4) is 0 Å². The van der Waals surface area contributed by atoms with Gasteiger partial charge in [-0.2, -0.15) is 0 Å². The summed E-state index contributed by atoms with van der Waals surface area (Å²) < 4.78 is 5.00. The maximum Gasteiger partial charge on any atom is 0.409 e. The van der Waals surface area contributed by atoms with Crippen molar-refractivity contribution >= 4 is 35.3 Å². The number of amides is 4. The van der Waals surface area contributed by atoms with E-state index in [1.54, 1.807) is 28.5 Å². The Kier molecular flexibility index (Phi) is 7.84. The number of nitrogens with one attached hydrogen (secondary N) is 1. The van der Waals surface area contributed by atoms with Crippen LogP contribution in [0.5, 0.6) is 0 Å². The van der Waals surface area contributed by atoms with Crippen molar-refractivity contribution in [3.63, 3.8) is 0 Å². The third-order valence-electron chi connectivity index (χ3n) is 5.57. The zero-order chi connectivity index (χ0) is 22.4. The lowest BCUT2D eigenvalue weighted by atomic mass is 10.2. The first-order valence-electron chi connectivity index (χ1n) is 10.7. The molecule has 0 radical (unpaired) electrons. The molecule has 2 aliphatic heterocycles. The Balaban J connectivity index is 1.43. The van der Waals surface area contributed by atoms with Gasteiger partial charge in [-0.25, -0.2) is 9.59 Å². The fourth-order valence-electron chi connectivity index (χ4n) is 3.78. The summed E-state index contributed by atoms with van der Waals surface area (Å²) in [5.74, 6) is -0.144. The number of nitrogens with zero attached hydrogens (tertiary/aromatic N) is 4. The van der Waals surface area contributed by atoms with Crippen LogP contribution in [0.4, 0.5) is 15.3 Å². The van der Waals surface area contributed by atoms with Crippen molar-refractivity contribution in [1.29, 1.82) is 0 Å². The first-order chi connectivity index (χ1) is 14.9. The van der Waals surface area contributed by atoms with E-state index in [0.717, 1.165) is 5.69 Å². The van der Waals surface area contributed by atoms with Gasteiger partial charge in [0, 0.05) is 63.1 Å². The van der Waals surface area contributed by atoms with Gasteiger partial charge in [-0.15, -0.1) is 0 Å². The molecule has 1 atom stereocenters. The Morgan fingerprint density at radius 3 is 2.23 bits per heavy atom. The lowest BCUT2D eigenvalue weighted by molar-refractivity contribution is -0.134. The van der Waals surface area contributed by atoms with E-state index in [-0.39, 0.29) is 18.0 Å². The lowest BCUT2D eigenvalue weighted by Crippen LogP contribution is -2.58. The molecule has 2 fully saturated rings. The molecule has 170 valence electrons. The van der Waals surface area contributed by atoms with Gasteiger partial charge < -0.3 is 29.7 Å². The molecule has 0 bridgehead atoms. The summed E-state index contributed by atoms with van der Waals surface area (Å²) in [5.41, 5.74) is 1.04. The Morgan fingerprint density at radius 2 is 1.61 bits per heavy atom. The van der Waals surface area contributed by atoms with Crippen LogP contribution in [0.15, 0.2) is 24.3 Å². The summed E-state index contributed by atoms with van der Waals surface area (Å²) in [6.45, 7) is 8.03. The van der Waals surface area contributed by atoms with Crippen molar-refractivity contribution in [1.82, 2.24) is 20.0 Å². The Morgan fingerprint density at radius 1 is 1.00 bits per heavy atom. The van der Waals surface area contributed by atoms with E-state index in [0.29, 0.717) is 64.0 Å². The fraction of sp³-hybridized carbons (Fsp3) is 0.571. The molecule has 0 aromatic heterocycles. The van der Waals surface area contributed by atoms with Crippen LogP contribution in [0.25, 0.3) is 0 Å². The number of anilines is 1. The zero-order valence-electron chi connectivity index (χ0n) is 18.1. The molecule has 1 aromatic carbocycles. The van der Waals surface area contributed by atoms with Crippen molar-refractivity contribution in [2.75, 3.05) is 63.9 Å². The third-order valence-corrected chi connectivity index (χ3v) is 5.80. The topological polar surface area (TPSA) is 85.4 Å². The Labute approximate surface area is 187 Å². The SMILES string of the molecule is CCOC(=O)N1CCN(C(=O)[C@@H](C)NC(=O)N2CCN(c3cccc(Cl)c3)CC2)CC1. The number of piperazine rings is 2. The minimum atomic E-state index is -0.632. The molecule has 0 spiro atoms. The molecular weight excluding hydrogens is 422 g/mol. The Hall–Kier alpha value is -2.68. The van der Waals surface area contributed by atoms with Gasteiger partial charge in [0.15, 0.2) is 0 Å². The van der Waals surface area contributed by atoms with Crippen LogP contribution in [-0.4, -0.2) is 97.7 Å². The molecular formula is C21H30ClN5O4. The monoisotopic (exact) mass is 451 g/mol. The highest BCUT2D eigenvalue weighted by Crippen LogP contribution is 2.20. The second kappa shape index (κ2) is 10.6. The molecule has 2 heterocycles. The summed E-state index contributed by atoms with van der Waals surface area (Å²) in [6.07, 6.45) is -0.354. The number of carbonyl (C=O) groups is 3. The van der Waals surface area contributed by atoms with Crippen LogP contribution in [0.1, 0.15) is 13.8 Å². The molecule has 9 nitrogen and oxygen atoms in total. The van der Waals surface area contributed by atoms with Crippen molar-refractivity contribution in [3.8, 4) is 0 Å². The molecule has 1 aromatic rings. The number of hydrogen-bond donors (Lipinski definition) is 1. The molecule has 3 rings (SSSR count). The number of rotatable bonds is 4. The smallest absolute Gasteiger partial charge is 0.409 e. The second-order valence-electron chi connectivity index (χ2n) is 7.64. The molecule has 0 aliphatic carbocycles. The van der Waals surface area contributed by atoms with E-state index in [1.807, 2.05) is 24.3 Å². The largest absolute Gasteiger partial charge is 0.450 e. The first kappa shape index (κ1) is 23.0. The highest BCUT2D eigenvalue weighted by molar-refractivity contribution is 6.30. The van der Waals surface area contributed by atoms with Crippen LogP contribution in [0.2, 0.25) is 5.02 Å². The van der Waals surface area contributed by atoms with Crippen LogP contribution >= 0.6 is 11.6 Å². The highest BCUT2D eigenvalue weighted by Gasteiger charge is 2.29. The fourth-order valence-corrected chi connectivity index (χ4v) is 3.96. The van der Waals surface area contributed by atoms with Crippen molar-refractivity contribution < 1.29 is 19.1 Å². The quantitative estimate of drug-likeness (QED) is 0.755. The van der Waals surface area contributed by atoms with Gasteiger partial charge in [0.05, 0.1) is 6.61 Å². The number of halogens is 1. The van der Waals surface area contributed by atoms with E-state index >= 15 is 0 Å². The van der Waals surface area contributed by atoms with E-state index in [9.17, 15) is 14.4 Å². The number of ether oxygens (including phenoxy) is 1.